The number of ether oxygens (including phenoxy) is 1. The second-order valence-electron chi connectivity index (χ2n) is 4.20. The molecule has 0 unspecified atom stereocenters. The van der Waals surface area contributed by atoms with Crippen LogP contribution in [0, 0.1) is 0 Å². The van der Waals surface area contributed by atoms with Gasteiger partial charge in [-0.3, -0.25) is 4.98 Å². The first-order valence-electron chi connectivity index (χ1n) is 6.23. The van der Waals surface area contributed by atoms with Crippen molar-refractivity contribution in [2.24, 2.45) is 0 Å². The van der Waals surface area contributed by atoms with Crippen molar-refractivity contribution in [2.75, 3.05) is 13.7 Å². The lowest BCUT2D eigenvalue weighted by Gasteiger charge is -2.11. The fraction of sp³-hybridized carbons (Fsp3) is 0.267. The SMILES string of the molecule is CCNCc1ccc(Cl)cc1-c1cncc(OC)c1. The van der Waals surface area contributed by atoms with Gasteiger partial charge in [-0.2, -0.15) is 0 Å². The highest BCUT2D eigenvalue weighted by atomic mass is 35.5. The van der Waals surface area contributed by atoms with Crippen molar-refractivity contribution in [3.8, 4) is 16.9 Å². The molecule has 0 aliphatic carbocycles. The van der Waals surface area contributed by atoms with Crippen LogP contribution < -0.4 is 10.1 Å². The van der Waals surface area contributed by atoms with Gasteiger partial charge in [0.1, 0.15) is 5.75 Å². The molecule has 4 heteroatoms. The summed E-state index contributed by atoms with van der Waals surface area (Å²) in [6.07, 6.45) is 3.52. The summed E-state index contributed by atoms with van der Waals surface area (Å²) in [5, 5.41) is 4.05. The second-order valence-corrected chi connectivity index (χ2v) is 4.63. The summed E-state index contributed by atoms with van der Waals surface area (Å²) >= 11 is 6.10. The van der Waals surface area contributed by atoms with E-state index < -0.39 is 0 Å². The molecule has 0 saturated carbocycles. The Bertz CT molecular complexity index is 558. The zero-order valence-corrected chi connectivity index (χ0v) is 11.9. The van der Waals surface area contributed by atoms with Crippen LogP contribution in [0.4, 0.5) is 0 Å². The van der Waals surface area contributed by atoms with Crippen molar-refractivity contribution in [1.29, 1.82) is 0 Å². The maximum Gasteiger partial charge on any atom is 0.137 e. The van der Waals surface area contributed by atoms with Crippen molar-refractivity contribution in [2.45, 2.75) is 13.5 Å². The van der Waals surface area contributed by atoms with Gasteiger partial charge in [0.2, 0.25) is 0 Å². The van der Waals surface area contributed by atoms with Crippen LogP contribution in [0.3, 0.4) is 0 Å². The molecule has 0 radical (unpaired) electrons. The summed E-state index contributed by atoms with van der Waals surface area (Å²) < 4.78 is 5.22. The van der Waals surface area contributed by atoms with Crippen molar-refractivity contribution >= 4 is 11.6 Å². The smallest absolute Gasteiger partial charge is 0.137 e. The fourth-order valence-electron chi connectivity index (χ4n) is 1.91. The summed E-state index contributed by atoms with van der Waals surface area (Å²) in [4.78, 5) is 4.19. The van der Waals surface area contributed by atoms with E-state index >= 15 is 0 Å². The first-order valence-corrected chi connectivity index (χ1v) is 6.61. The average molecular weight is 277 g/mol. The predicted molar refractivity (Wildman–Crippen MR) is 78.6 cm³/mol. The average Bonchev–Trinajstić information content (AvgIpc) is 2.46. The number of rotatable bonds is 5. The second kappa shape index (κ2) is 6.55. The zero-order chi connectivity index (χ0) is 13.7. The van der Waals surface area contributed by atoms with Crippen molar-refractivity contribution in [1.82, 2.24) is 10.3 Å². The molecule has 0 aliphatic heterocycles. The number of methoxy groups -OCH3 is 1. The van der Waals surface area contributed by atoms with Crippen LogP contribution >= 0.6 is 11.6 Å². The number of nitrogens with one attached hydrogen (secondary N) is 1. The fourth-order valence-corrected chi connectivity index (χ4v) is 2.08. The van der Waals surface area contributed by atoms with Crippen molar-refractivity contribution in [3.05, 3.63) is 47.2 Å². The molecule has 3 nitrogen and oxygen atoms in total. The van der Waals surface area contributed by atoms with E-state index in [0.717, 1.165) is 35.0 Å². The molecule has 2 rings (SSSR count). The maximum absolute atomic E-state index is 6.10. The molecule has 1 N–H and O–H groups in total. The van der Waals surface area contributed by atoms with Crippen LogP contribution in [0.2, 0.25) is 5.02 Å². The zero-order valence-electron chi connectivity index (χ0n) is 11.1. The van der Waals surface area contributed by atoms with E-state index in [1.807, 2.05) is 30.5 Å². The summed E-state index contributed by atoms with van der Waals surface area (Å²) in [6, 6.07) is 7.88. The maximum atomic E-state index is 6.10. The Morgan fingerprint density at radius 1 is 1.26 bits per heavy atom. The standard InChI is InChI=1S/C15H17ClN2O/c1-3-17-8-11-4-5-13(16)7-15(11)12-6-14(19-2)10-18-9-12/h4-7,9-10,17H,3,8H2,1-2H3. The molecule has 2 aromatic rings. The minimum absolute atomic E-state index is 0.720. The van der Waals surface area contributed by atoms with E-state index in [0.29, 0.717) is 0 Å². The molecule has 1 aromatic heterocycles. The van der Waals surface area contributed by atoms with Gasteiger partial charge in [0.05, 0.1) is 13.3 Å². The molecular weight excluding hydrogens is 260 g/mol. The van der Waals surface area contributed by atoms with Crippen LogP contribution in [0.1, 0.15) is 12.5 Å². The van der Waals surface area contributed by atoms with E-state index in [9.17, 15) is 0 Å². The van der Waals surface area contributed by atoms with E-state index in [4.69, 9.17) is 16.3 Å². The van der Waals surface area contributed by atoms with Crippen molar-refractivity contribution < 1.29 is 4.74 Å². The van der Waals surface area contributed by atoms with Gasteiger partial charge in [0.15, 0.2) is 0 Å². The van der Waals surface area contributed by atoms with E-state index in [2.05, 4.69) is 17.2 Å². The third-order valence-corrected chi connectivity index (χ3v) is 3.13. The summed E-state index contributed by atoms with van der Waals surface area (Å²) in [6.45, 7) is 3.82. The number of hydrogen-bond donors (Lipinski definition) is 1. The summed E-state index contributed by atoms with van der Waals surface area (Å²) in [7, 11) is 1.64. The monoisotopic (exact) mass is 276 g/mol. The van der Waals surface area contributed by atoms with E-state index in [-0.39, 0.29) is 0 Å². The predicted octanol–water partition coefficient (Wildman–Crippen LogP) is 3.52. The minimum Gasteiger partial charge on any atom is -0.495 e. The Morgan fingerprint density at radius 2 is 2.11 bits per heavy atom. The molecule has 0 fully saturated rings. The quantitative estimate of drug-likeness (QED) is 0.907. The Morgan fingerprint density at radius 3 is 2.84 bits per heavy atom. The number of halogens is 1. The largest absolute Gasteiger partial charge is 0.495 e. The van der Waals surface area contributed by atoms with Gasteiger partial charge in [-0.05, 0) is 35.9 Å². The summed E-state index contributed by atoms with van der Waals surface area (Å²) in [5.74, 6) is 0.742. The first kappa shape index (κ1) is 13.8. The Kier molecular flexibility index (Phi) is 4.77. The van der Waals surface area contributed by atoms with E-state index in [1.54, 1.807) is 13.3 Å². The molecule has 0 saturated heterocycles. The molecule has 0 atom stereocenters. The molecule has 1 heterocycles. The lowest BCUT2D eigenvalue weighted by atomic mass is 10.0. The highest BCUT2D eigenvalue weighted by Crippen LogP contribution is 2.28. The van der Waals surface area contributed by atoms with Gasteiger partial charge >= 0.3 is 0 Å². The van der Waals surface area contributed by atoms with Gasteiger partial charge < -0.3 is 10.1 Å². The number of benzene rings is 1. The molecule has 0 bridgehead atoms. The minimum atomic E-state index is 0.720. The molecule has 0 amide bonds. The van der Waals surface area contributed by atoms with Gasteiger partial charge in [0.25, 0.3) is 0 Å². The molecule has 1 aromatic carbocycles. The number of hydrogen-bond acceptors (Lipinski definition) is 3. The van der Waals surface area contributed by atoms with Crippen LogP contribution in [0.5, 0.6) is 5.75 Å². The number of pyridine rings is 1. The van der Waals surface area contributed by atoms with Crippen molar-refractivity contribution in [3.63, 3.8) is 0 Å². The van der Waals surface area contributed by atoms with E-state index in [1.165, 1.54) is 5.56 Å². The Hall–Kier alpha value is -1.58. The molecule has 19 heavy (non-hydrogen) atoms. The summed E-state index contributed by atoms with van der Waals surface area (Å²) in [5.41, 5.74) is 3.29. The molecule has 100 valence electrons. The molecule has 0 aliphatic rings. The molecule has 0 spiro atoms. The lowest BCUT2D eigenvalue weighted by molar-refractivity contribution is 0.413. The number of nitrogens with zero attached hydrogens (tertiary/aromatic N) is 1. The van der Waals surface area contributed by atoms with Gasteiger partial charge in [-0.25, -0.2) is 0 Å². The Balaban J connectivity index is 2.43. The van der Waals surface area contributed by atoms with Crippen LogP contribution in [-0.2, 0) is 6.54 Å². The normalized spacial score (nSPS) is 10.5. The van der Waals surface area contributed by atoms with Crippen LogP contribution in [-0.4, -0.2) is 18.6 Å². The first-order chi connectivity index (χ1) is 9.24. The number of aromatic nitrogens is 1. The highest BCUT2D eigenvalue weighted by molar-refractivity contribution is 6.30. The third-order valence-electron chi connectivity index (χ3n) is 2.90. The highest BCUT2D eigenvalue weighted by Gasteiger charge is 2.07. The lowest BCUT2D eigenvalue weighted by Crippen LogP contribution is -2.12. The van der Waals surface area contributed by atoms with Gasteiger partial charge in [-0.15, -0.1) is 0 Å². The van der Waals surface area contributed by atoms with Crippen LogP contribution in [0.15, 0.2) is 36.7 Å². The Labute approximate surface area is 118 Å². The topological polar surface area (TPSA) is 34.2 Å². The molecular formula is C15H17ClN2O. The van der Waals surface area contributed by atoms with Gasteiger partial charge in [0, 0.05) is 23.3 Å². The van der Waals surface area contributed by atoms with Crippen LogP contribution in [0.25, 0.3) is 11.1 Å². The van der Waals surface area contributed by atoms with Gasteiger partial charge in [-0.1, -0.05) is 24.6 Å². The third kappa shape index (κ3) is 3.46.